The van der Waals surface area contributed by atoms with E-state index in [4.69, 9.17) is 15.6 Å². The molecule has 0 atom stereocenters. The van der Waals surface area contributed by atoms with Crippen molar-refractivity contribution in [3.63, 3.8) is 0 Å². The van der Waals surface area contributed by atoms with Crippen molar-refractivity contribution in [2.75, 3.05) is 6.54 Å². The van der Waals surface area contributed by atoms with Gasteiger partial charge in [0.1, 0.15) is 5.75 Å². The molecule has 0 amide bonds. The zero-order chi connectivity index (χ0) is 15.9. The summed E-state index contributed by atoms with van der Waals surface area (Å²) in [5.74, 6) is -1.21. The fourth-order valence-electron chi connectivity index (χ4n) is 2.10. The first kappa shape index (κ1) is 15.7. The average Bonchev–Trinajstić information content (AvgIpc) is 2.54. The molecule has 5 heteroatoms. The van der Waals surface area contributed by atoms with Crippen molar-refractivity contribution in [1.82, 2.24) is 0 Å². The van der Waals surface area contributed by atoms with Gasteiger partial charge in [-0.15, -0.1) is 0 Å². The van der Waals surface area contributed by atoms with E-state index in [1.165, 1.54) is 18.2 Å². The van der Waals surface area contributed by atoms with Crippen LogP contribution < -0.4 is 10.5 Å². The molecule has 0 aliphatic rings. The highest BCUT2D eigenvalue weighted by Gasteiger charge is 2.12. The summed E-state index contributed by atoms with van der Waals surface area (Å²) in [6.45, 7) is -0.223. The summed E-state index contributed by atoms with van der Waals surface area (Å²) in [5, 5.41) is 9.09. The van der Waals surface area contributed by atoms with Crippen LogP contribution in [0.1, 0.15) is 21.5 Å². The Kier molecular flexibility index (Phi) is 5.27. The van der Waals surface area contributed by atoms with Crippen LogP contribution in [0.4, 0.5) is 0 Å². The highest BCUT2D eigenvalue weighted by Crippen LogP contribution is 2.22. The molecule has 0 radical (unpaired) electrons. The number of aromatic carboxylic acids is 1. The van der Waals surface area contributed by atoms with Crippen molar-refractivity contribution in [3.8, 4) is 5.75 Å². The van der Waals surface area contributed by atoms with Gasteiger partial charge in [0.25, 0.3) is 0 Å². The fourth-order valence-corrected chi connectivity index (χ4v) is 2.10. The van der Waals surface area contributed by atoms with Crippen LogP contribution in [0, 0.1) is 0 Å². The van der Waals surface area contributed by atoms with Crippen molar-refractivity contribution >= 4 is 11.9 Å². The van der Waals surface area contributed by atoms with Gasteiger partial charge in [0, 0.05) is 0 Å². The molecule has 0 saturated carbocycles. The summed E-state index contributed by atoms with van der Waals surface area (Å²) in [7, 11) is 0. The minimum atomic E-state index is -1.02. The van der Waals surface area contributed by atoms with Gasteiger partial charge in [-0.05, 0) is 42.2 Å². The normalized spacial score (nSPS) is 10.2. The van der Waals surface area contributed by atoms with Crippen LogP contribution in [0.5, 0.6) is 5.75 Å². The standard InChI is InChI=1S/C17H17NO4/c18-11-16(19)22-15-9-8-14(17(20)21)10-13(15)7-6-12-4-2-1-3-5-12/h1-5,8-10H,6-7,11,18H2,(H,20,21). The third-order valence-corrected chi connectivity index (χ3v) is 3.22. The third-order valence-electron chi connectivity index (χ3n) is 3.22. The van der Waals surface area contributed by atoms with Crippen LogP contribution in [0.3, 0.4) is 0 Å². The molecule has 0 aromatic heterocycles. The number of carbonyl (C=O) groups is 2. The molecular weight excluding hydrogens is 282 g/mol. The van der Waals surface area contributed by atoms with Crippen LogP contribution in [-0.2, 0) is 17.6 Å². The molecule has 0 aliphatic heterocycles. The Morgan fingerprint density at radius 2 is 1.77 bits per heavy atom. The summed E-state index contributed by atoms with van der Waals surface area (Å²) in [4.78, 5) is 22.5. The Morgan fingerprint density at radius 3 is 2.41 bits per heavy atom. The Hall–Kier alpha value is -2.66. The van der Waals surface area contributed by atoms with Gasteiger partial charge in [-0.1, -0.05) is 30.3 Å². The number of carboxylic acids is 1. The van der Waals surface area contributed by atoms with Gasteiger partial charge in [0.05, 0.1) is 12.1 Å². The van der Waals surface area contributed by atoms with E-state index in [9.17, 15) is 9.59 Å². The second kappa shape index (κ2) is 7.38. The molecule has 0 fully saturated rings. The lowest BCUT2D eigenvalue weighted by Gasteiger charge is -2.11. The van der Waals surface area contributed by atoms with E-state index in [0.717, 1.165) is 12.0 Å². The smallest absolute Gasteiger partial charge is 0.335 e. The molecular formula is C17H17NO4. The number of aryl methyl sites for hydroxylation is 2. The lowest BCUT2D eigenvalue weighted by atomic mass is 10.0. The van der Waals surface area contributed by atoms with Gasteiger partial charge in [-0.2, -0.15) is 0 Å². The van der Waals surface area contributed by atoms with Gasteiger partial charge < -0.3 is 15.6 Å². The van der Waals surface area contributed by atoms with Crippen molar-refractivity contribution < 1.29 is 19.4 Å². The molecule has 0 saturated heterocycles. The number of carbonyl (C=O) groups excluding carboxylic acids is 1. The minimum Gasteiger partial charge on any atom is -0.478 e. The molecule has 0 spiro atoms. The van der Waals surface area contributed by atoms with E-state index in [0.29, 0.717) is 17.7 Å². The maximum absolute atomic E-state index is 11.4. The number of ether oxygens (including phenoxy) is 1. The first-order valence-electron chi connectivity index (χ1n) is 6.91. The van der Waals surface area contributed by atoms with E-state index in [-0.39, 0.29) is 12.1 Å². The third kappa shape index (κ3) is 4.17. The average molecular weight is 299 g/mol. The molecule has 114 valence electrons. The monoisotopic (exact) mass is 299 g/mol. The minimum absolute atomic E-state index is 0.163. The molecule has 2 rings (SSSR count). The van der Waals surface area contributed by atoms with E-state index >= 15 is 0 Å². The summed E-state index contributed by atoms with van der Waals surface area (Å²) in [6, 6.07) is 14.2. The number of hydrogen-bond acceptors (Lipinski definition) is 4. The van der Waals surface area contributed by atoms with Crippen molar-refractivity contribution in [2.45, 2.75) is 12.8 Å². The number of rotatable bonds is 6. The molecule has 3 N–H and O–H groups in total. The van der Waals surface area contributed by atoms with Gasteiger partial charge in [0.15, 0.2) is 0 Å². The highest BCUT2D eigenvalue weighted by molar-refractivity contribution is 5.88. The van der Waals surface area contributed by atoms with Crippen LogP contribution in [0.25, 0.3) is 0 Å². The quantitative estimate of drug-likeness (QED) is 0.629. The number of benzene rings is 2. The summed E-state index contributed by atoms with van der Waals surface area (Å²) in [6.07, 6.45) is 1.29. The molecule has 0 bridgehead atoms. The van der Waals surface area contributed by atoms with Crippen LogP contribution in [-0.4, -0.2) is 23.6 Å². The SMILES string of the molecule is NCC(=O)Oc1ccc(C(=O)O)cc1CCc1ccccc1. The molecule has 2 aromatic carbocycles. The zero-order valence-electron chi connectivity index (χ0n) is 12.0. The number of hydrogen-bond donors (Lipinski definition) is 2. The van der Waals surface area contributed by atoms with Crippen LogP contribution >= 0.6 is 0 Å². The van der Waals surface area contributed by atoms with E-state index in [1.54, 1.807) is 0 Å². The second-order valence-corrected chi connectivity index (χ2v) is 4.79. The maximum atomic E-state index is 11.4. The number of esters is 1. The largest absolute Gasteiger partial charge is 0.478 e. The lowest BCUT2D eigenvalue weighted by molar-refractivity contribution is -0.132. The molecule has 0 aliphatic carbocycles. The molecule has 2 aromatic rings. The maximum Gasteiger partial charge on any atom is 0.335 e. The van der Waals surface area contributed by atoms with E-state index in [2.05, 4.69) is 0 Å². The summed E-state index contributed by atoms with van der Waals surface area (Å²) < 4.78 is 5.16. The van der Waals surface area contributed by atoms with E-state index in [1.807, 2.05) is 30.3 Å². The zero-order valence-corrected chi connectivity index (χ0v) is 12.0. The van der Waals surface area contributed by atoms with Gasteiger partial charge in [-0.25, -0.2) is 4.79 Å². The van der Waals surface area contributed by atoms with Gasteiger partial charge in [0.2, 0.25) is 0 Å². The molecule has 0 heterocycles. The molecule has 5 nitrogen and oxygen atoms in total. The first-order valence-corrected chi connectivity index (χ1v) is 6.91. The Labute approximate surface area is 128 Å². The van der Waals surface area contributed by atoms with Gasteiger partial charge in [-0.3, -0.25) is 4.79 Å². The first-order chi connectivity index (χ1) is 10.6. The molecule has 22 heavy (non-hydrogen) atoms. The lowest BCUT2D eigenvalue weighted by Crippen LogP contribution is -2.20. The highest BCUT2D eigenvalue weighted by atomic mass is 16.5. The van der Waals surface area contributed by atoms with Crippen molar-refractivity contribution in [2.24, 2.45) is 5.73 Å². The van der Waals surface area contributed by atoms with Gasteiger partial charge >= 0.3 is 11.9 Å². The topological polar surface area (TPSA) is 89.6 Å². The Balaban J connectivity index is 2.22. The summed E-state index contributed by atoms with van der Waals surface area (Å²) in [5.41, 5.74) is 7.20. The van der Waals surface area contributed by atoms with Crippen molar-refractivity contribution in [3.05, 3.63) is 65.2 Å². The second-order valence-electron chi connectivity index (χ2n) is 4.79. The Morgan fingerprint density at radius 1 is 1.05 bits per heavy atom. The van der Waals surface area contributed by atoms with Crippen LogP contribution in [0.15, 0.2) is 48.5 Å². The van der Waals surface area contributed by atoms with Crippen molar-refractivity contribution in [1.29, 1.82) is 0 Å². The Bertz CT molecular complexity index is 668. The molecule has 0 unspecified atom stereocenters. The predicted octanol–water partition coefficient (Wildman–Crippen LogP) is 2.03. The summed E-state index contributed by atoms with van der Waals surface area (Å²) >= 11 is 0. The number of nitrogens with two attached hydrogens (primary N) is 1. The number of carboxylic acid groups (broad SMARTS) is 1. The van der Waals surface area contributed by atoms with E-state index < -0.39 is 11.9 Å². The predicted molar refractivity (Wildman–Crippen MR) is 81.9 cm³/mol. The fraction of sp³-hybridized carbons (Fsp3) is 0.176. The van der Waals surface area contributed by atoms with Crippen LogP contribution in [0.2, 0.25) is 0 Å².